The van der Waals surface area contributed by atoms with Crippen LogP contribution in [0.15, 0.2) is 0 Å². The summed E-state index contributed by atoms with van der Waals surface area (Å²) in [6, 6.07) is 0. The van der Waals surface area contributed by atoms with Gasteiger partial charge in [-0.05, 0) is 20.8 Å². The zero-order chi connectivity index (χ0) is 8.48. The molecule has 1 atom stereocenters. The molecule has 11 heavy (non-hydrogen) atoms. The first-order valence-corrected chi connectivity index (χ1v) is 3.81. The highest BCUT2D eigenvalue weighted by Crippen LogP contribution is 2.16. The van der Waals surface area contributed by atoms with Crippen molar-refractivity contribution in [2.75, 3.05) is 6.61 Å². The normalized spacial score (nSPS) is 23.0. The van der Waals surface area contributed by atoms with Crippen LogP contribution < -0.4 is 0 Å². The number of epoxide rings is 1. The molecule has 0 aromatic carbocycles. The second kappa shape index (κ2) is 2.81. The van der Waals surface area contributed by atoms with Crippen molar-refractivity contribution >= 4 is 5.97 Å². The molecule has 0 aromatic rings. The van der Waals surface area contributed by atoms with Crippen molar-refractivity contribution in [3.8, 4) is 0 Å². The Kier molecular flexibility index (Phi) is 2.18. The van der Waals surface area contributed by atoms with Gasteiger partial charge in [0, 0.05) is 0 Å². The van der Waals surface area contributed by atoms with E-state index >= 15 is 0 Å². The van der Waals surface area contributed by atoms with Gasteiger partial charge in [0.1, 0.15) is 5.60 Å². The standard InChI is InChI=1S/C8H14O3/c1-8(2,3)11-7(9)4-6-5-10-6/h6H,4-5H2,1-3H3/t6-/m1/s1. The first kappa shape index (κ1) is 8.53. The van der Waals surface area contributed by atoms with Gasteiger partial charge >= 0.3 is 5.97 Å². The van der Waals surface area contributed by atoms with E-state index in [0.717, 1.165) is 0 Å². The van der Waals surface area contributed by atoms with Crippen LogP contribution in [0.4, 0.5) is 0 Å². The predicted octanol–water partition coefficient (Wildman–Crippen LogP) is 1.12. The minimum atomic E-state index is -0.369. The summed E-state index contributed by atoms with van der Waals surface area (Å²) >= 11 is 0. The van der Waals surface area contributed by atoms with Crippen molar-refractivity contribution in [2.45, 2.75) is 38.9 Å². The van der Waals surface area contributed by atoms with Crippen molar-refractivity contribution in [1.29, 1.82) is 0 Å². The third-order valence-corrected chi connectivity index (χ3v) is 1.22. The number of ether oxygens (including phenoxy) is 2. The maximum atomic E-state index is 11.0. The molecule has 0 radical (unpaired) electrons. The average Bonchev–Trinajstić information content (AvgIpc) is 2.42. The molecular weight excluding hydrogens is 144 g/mol. The van der Waals surface area contributed by atoms with E-state index in [1.807, 2.05) is 20.8 Å². The Balaban J connectivity index is 2.19. The van der Waals surface area contributed by atoms with Gasteiger partial charge in [0.25, 0.3) is 0 Å². The Labute approximate surface area is 66.7 Å². The van der Waals surface area contributed by atoms with Crippen LogP contribution in [0.5, 0.6) is 0 Å². The van der Waals surface area contributed by atoms with Gasteiger partial charge in [0.15, 0.2) is 0 Å². The van der Waals surface area contributed by atoms with Crippen molar-refractivity contribution in [1.82, 2.24) is 0 Å². The summed E-state index contributed by atoms with van der Waals surface area (Å²) in [5.74, 6) is -0.167. The second-order valence-corrected chi connectivity index (χ2v) is 3.75. The SMILES string of the molecule is CC(C)(C)OC(=O)C[C@@H]1CO1. The maximum absolute atomic E-state index is 11.0. The first-order chi connectivity index (χ1) is 4.97. The second-order valence-electron chi connectivity index (χ2n) is 3.75. The first-order valence-electron chi connectivity index (χ1n) is 3.81. The van der Waals surface area contributed by atoms with E-state index in [1.165, 1.54) is 0 Å². The van der Waals surface area contributed by atoms with Crippen molar-refractivity contribution in [3.05, 3.63) is 0 Å². The number of rotatable bonds is 2. The fourth-order valence-electron chi connectivity index (χ4n) is 0.755. The minimum Gasteiger partial charge on any atom is -0.460 e. The van der Waals surface area contributed by atoms with Crippen LogP contribution in [0.25, 0.3) is 0 Å². The molecule has 0 bridgehead atoms. The lowest BCUT2D eigenvalue weighted by atomic mass is 10.2. The molecule has 1 fully saturated rings. The summed E-state index contributed by atoms with van der Waals surface area (Å²) < 4.78 is 9.96. The molecule has 1 aliphatic rings. The summed E-state index contributed by atoms with van der Waals surface area (Å²) in [6.07, 6.45) is 0.530. The zero-order valence-corrected chi connectivity index (χ0v) is 7.22. The monoisotopic (exact) mass is 158 g/mol. The van der Waals surface area contributed by atoms with E-state index in [2.05, 4.69) is 0 Å². The summed E-state index contributed by atoms with van der Waals surface area (Å²) in [7, 11) is 0. The number of esters is 1. The van der Waals surface area contributed by atoms with Crippen molar-refractivity contribution < 1.29 is 14.3 Å². The largest absolute Gasteiger partial charge is 0.460 e. The molecule has 0 aromatic heterocycles. The molecule has 0 unspecified atom stereocenters. The van der Waals surface area contributed by atoms with E-state index < -0.39 is 0 Å². The molecule has 64 valence electrons. The van der Waals surface area contributed by atoms with Gasteiger partial charge in [-0.1, -0.05) is 0 Å². The minimum absolute atomic E-state index is 0.129. The highest BCUT2D eigenvalue weighted by atomic mass is 16.6. The van der Waals surface area contributed by atoms with Crippen molar-refractivity contribution in [3.63, 3.8) is 0 Å². The molecular formula is C8H14O3. The quantitative estimate of drug-likeness (QED) is 0.446. The van der Waals surface area contributed by atoms with Crippen LogP contribution in [0.3, 0.4) is 0 Å². The van der Waals surface area contributed by atoms with Crippen LogP contribution in [0.2, 0.25) is 0 Å². The molecule has 0 aliphatic carbocycles. The Hall–Kier alpha value is -0.570. The lowest BCUT2D eigenvalue weighted by Crippen LogP contribution is -2.24. The summed E-state index contributed by atoms with van der Waals surface area (Å²) in [6.45, 7) is 6.29. The smallest absolute Gasteiger partial charge is 0.309 e. The molecule has 1 heterocycles. The van der Waals surface area contributed by atoms with Gasteiger partial charge in [-0.2, -0.15) is 0 Å². The van der Waals surface area contributed by atoms with Gasteiger partial charge in [0.05, 0.1) is 19.1 Å². The molecule has 1 aliphatic heterocycles. The number of hydrogen-bond acceptors (Lipinski definition) is 3. The van der Waals surface area contributed by atoms with Crippen LogP contribution >= 0.6 is 0 Å². The lowest BCUT2D eigenvalue weighted by molar-refractivity contribution is -0.155. The maximum Gasteiger partial charge on any atom is 0.309 e. The molecule has 1 rings (SSSR count). The third-order valence-electron chi connectivity index (χ3n) is 1.22. The molecule has 3 nitrogen and oxygen atoms in total. The van der Waals surface area contributed by atoms with Crippen LogP contribution in [0, 0.1) is 0 Å². The predicted molar refractivity (Wildman–Crippen MR) is 40.2 cm³/mol. The molecule has 0 amide bonds. The molecule has 3 heteroatoms. The molecule has 0 N–H and O–H groups in total. The van der Waals surface area contributed by atoms with Gasteiger partial charge < -0.3 is 9.47 Å². The lowest BCUT2D eigenvalue weighted by Gasteiger charge is -2.18. The zero-order valence-electron chi connectivity index (χ0n) is 7.22. The van der Waals surface area contributed by atoms with Gasteiger partial charge in [-0.3, -0.25) is 4.79 Å². The van der Waals surface area contributed by atoms with Crippen LogP contribution in [0.1, 0.15) is 27.2 Å². The summed E-state index contributed by atoms with van der Waals surface area (Å²) in [4.78, 5) is 11.0. The van der Waals surface area contributed by atoms with Crippen LogP contribution in [-0.4, -0.2) is 24.3 Å². The van der Waals surface area contributed by atoms with E-state index in [1.54, 1.807) is 0 Å². The molecule has 0 spiro atoms. The Bertz CT molecular complexity index is 153. The fourth-order valence-corrected chi connectivity index (χ4v) is 0.755. The Morgan fingerprint density at radius 2 is 2.18 bits per heavy atom. The fraction of sp³-hybridized carbons (Fsp3) is 0.875. The highest BCUT2D eigenvalue weighted by molar-refractivity contribution is 5.70. The van der Waals surface area contributed by atoms with Gasteiger partial charge in [-0.15, -0.1) is 0 Å². The Morgan fingerprint density at radius 3 is 2.55 bits per heavy atom. The van der Waals surface area contributed by atoms with E-state index in [0.29, 0.717) is 13.0 Å². The third kappa shape index (κ3) is 3.98. The average molecular weight is 158 g/mol. The van der Waals surface area contributed by atoms with E-state index in [-0.39, 0.29) is 17.7 Å². The van der Waals surface area contributed by atoms with Crippen LogP contribution in [-0.2, 0) is 14.3 Å². The molecule has 1 saturated heterocycles. The topological polar surface area (TPSA) is 38.8 Å². The number of hydrogen-bond donors (Lipinski definition) is 0. The molecule has 0 saturated carbocycles. The van der Waals surface area contributed by atoms with E-state index in [9.17, 15) is 4.79 Å². The number of carbonyl (C=O) groups excluding carboxylic acids is 1. The van der Waals surface area contributed by atoms with Gasteiger partial charge in [-0.25, -0.2) is 0 Å². The van der Waals surface area contributed by atoms with Gasteiger partial charge in [0.2, 0.25) is 0 Å². The Morgan fingerprint density at radius 1 is 1.64 bits per heavy atom. The summed E-state index contributed by atoms with van der Waals surface area (Å²) in [5, 5.41) is 0. The van der Waals surface area contributed by atoms with E-state index in [4.69, 9.17) is 9.47 Å². The van der Waals surface area contributed by atoms with Crippen molar-refractivity contribution in [2.24, 2.45) is 0 Å². The number of carbonyl (C=O) groups is 1. The summed E-state index contributed by atoms with van der Waals surface area (Å²) in [5.41, 5.74) is -0.369. The highest BCUT2D eigenvalue weighted by Gasteiger charge is 2.28.